The van der Waals surface area contributed by atoms with Crippen molar-refractivity contribution in [2.45, 2.75) is 42.9 Å². The zero-order valence-corrected chi connectivity index (χ0v) is 20.7. The normalized spacial score (nSPS) is 14.3. The van der Waals surface area contributed by atoms with Gasteiger partial charge in [-0.15, -0.1) is 0 Å². The Morgan fingerprint density at radius 1 is 0.686 bits per heavy atom. The molecule has 0 aliphatic heterocycles. The van der Waals surface area contributed by atoms with Crippen LogP contribution in [-0.2, 0) is 10.1 Å². The fourth-order valence-corrected chi connectivity index (χ4v) is 5.34. The quantitative estimate of drug-likeness (QED) is 0.260. The number of hydrogen-bond donors (Lipinski definition) is 2. The van der Waals surface area contributed by atoms with E-state index >= 15 is 0 Å². The molecular formula is C30H30O4S. The Balaban J connectivity index is 1.88. The highest BCUT2D eigenvalue weighted by Crippen LogP contribution is 2.43. The maximum atomic E-state index is 12.3. The van der Waals surface area contributed by atoms with E-state index in [4.69, 9.17) is 0 Å². The molecule has 5 heteroatoms. The second kappa shape index (κ2) is 10.5. The van der Waals surface area contributed by atoms with Crippen LogP contribution in [0.4, 0.5) is 0 Å². The third kappa shape index (κ3) is 5.64. The van der Waals surface area contributed by atoms with Gasteiger partial charge in [-0.2, -0.15) is 8.42 Å². The molecule has 0 fully saturated rings. The first-order valence-corrected chi connectivity index (χ1v) is 13.2. The van der Waals surface area contributed by atoms with E-state index in [0.29, 0.717) is 17.5 Å². The molecule has 0 spiro atoms. The van der Waals surface area contributed by atoms with Crippen LogP contribution in [0.5, 0.6) is 5.75 Å². The average Bonchev–Trinajstić information content (AvgIpc) is 2.88. The van der Waals surface area contributed by atoms with Crippen molar-refractivity contribution in [3.05, 3.63) is 131 Å². The highest BCUT2D eigenvalue weighted by molar-refractivity contribution is 7.86. The van der Waals surface area contributed by atoms with Gasteiger partial charge in [-0.05, 0) is 40.7 Å². The second-order valence-corrected chi connectivity index (χ2v) is 10.5. The molecule has 0 amide bonds. The summed E-state index contributed by atoms with van der Waals surface area (Å²) in [5.41, 5.74) is 4.35. The van der Waals surface area contributed by atoms with Crippen molar-refractivity contribution in [1.29, 1.82) is 0 Å². The zero-order valence-electron chi connectivity index (χ0n) is 19.9. The molecule has 0 aromatic heterocycles. The van der Waals surface area contributed by atoms with Crippen LogP contribution in [0.2, 0.25) is 0 Å². The van der Waals surface area contributed by atoms with Crippen molar-refractivity contribution in [1.82, 2.24) is 0 Å². The fraction of sp³-hybridized carbons (Fsp3) is 0.200. The molecule has 3 unspecified atom stereocenters. The van der Waals surface area contributed by atoms with Crippen molar-refractivity contribution in [2.75, 3.05) is 0 Å². The van der Waals surface area contributed by atoms with Gasteiger partial charge in [0.1, 0.15) is 10.6 Å². The lowest BCUT2D eigenvalue weighted by molar-refractivity contribution is 0.432. The van der Waals surface area contributed by atoms with Crippen LogP contribution in [0.1, 0.15) is 65.8 Å². The van der Waals surface area contributed by atoms with Crippen LogP contribution in [0.15, 0.2) is 108 Å². The Labute approximate surface area is 207 Å². The van der Waals surface area contributed by atoms with Crippen molar-refractivity contribution in [3.63, 3.8) is 0 Å². The van der Waals surface area contributed by atoms with Crippen molar-refractivity contribution >= 4 is 10.1 Å². The number of aromatic hydroxyl groups is 1. The first kappa shape index (κ1) is 24.7. The summed E-state index contributed by atoms with van der Waals surface area (Å²) in [6, 6.07) is 32.9. The van der Waals surface area contributed by atoms with Gasteiger partial charge in [-0.25, -0.2) is 0 Å². The van der Waals surface area contributed by atoms with Gasteiger partial charge in [0.15, 0.2) is 0 Å². The molecule has 0 bridgehead atoms. The molecule has 180 valence electrons. The lowest BCUT2D eigenvalue weighted by Crippen LogP contribution is -2.11. The number of phenolic OH excluding ortho intramolecular Hbond substituents is 1. The standard InChI is InChI=1S/C30H30O4S/c1-21(23-12-6-3-7-13-23)18-27(25-16-10-5-11-17-25)28-19-26(20-29(30(28)31)35(32,33)34)22(2)24-14-8-4-9-15-24/h3-17,19-22,27,31H,18H2,1-2H3,(H,32,33,34). The van der Waals surface area contributed by atoms with E-state index < -0.39 is 20.8 Å². The highest BCUT2D eigenvalue weighted by Gasteiger charge is 2.28. The summed E-state index contributed by atoms with van der Waals surface area (Å²) >= 11 is 0. The van der Waals surface area contributed by atoms with Crippen molar-refractivity contribution in [2.24, 2.45) is 0 Å². The van der Waals surface area contributed by atoms with E-state index in [1.165, 1.54) is 6.07 Å². The first-order chi connectivity index (χ1) is 16.8. The second-order valence-electron chi connectivity index (χ2n) is 9.08. The highest BCUT2D eigenvalue weighted by atomic mass is 32.2. The van der Waals surface area contributed by atoms with E-state index in [-0.39, 0.29) is 17.8 Å². The monoisotopic (exact) mass is 486 g/mol. The minimum Gasteiger partial charge on any atom is -0.506 e. The molecule has 4 rings (SSSR count). The molecule has 0 aliphatic rings. The minimum atomic E-state index is -4.64. The van der Waals surface area contributed by atoms with Gasteiger partial charge in [-0.3, -0.25) is 4.55 Å². The lowest BCUT2D eigenvalue weighted by atomic mass is 9.80. The predicted molar refractivity (Wildman–Crippen MR) is 140 cm³/mol. The Morgan fingerprint density at radius 2 is 1.17 bits per heavy atom. The van der Waals surface area contributed by atoms with Crippen molar-refractivity contribution < 1.29 is 18.1 Å². The Kier molecular flexibility index (Phi) is 7.39. The summed E-state index contributed by atoms with van der Waals surface area (Å²) in [4.78, 5) is -0.457. The fourth-order valence-electron chi connectivity index (χ4n) is 4.70. The Hall–Kier alpha value is -3.41. The molecule has 0 aliphatic carbocycles. The molecule has 4 aromatic carbocycles. The van der Waals surface area contributed by atoms with Gasteiger partial charge in [0.2, 0.25) is 0 Å². The topological polar surface area (TPSA) is 74.6 Å². The molecular weight excluding hydrogens is 456 g/mol. The smallest absolute Gasteiger partial charge is 0.298 e. The summed E-state index contributed by atoms with van der Waals surface area (Å²) in [6.45, 7) is 4.12. The molecule has 35 heavy (non-hydrogen) atoms. The van der Waals surface area contributed by atoms with Crippen molar-refractivity contribution in [3.8, 4) is 5.75 Å². The van der Waals surface area contributed by atoms with E-state index in [9.17, 15) is 18.1 Å². The van der Waals surface area contributed by atoms with Gasteiger partial charge in [-0.1, -0.05) is 111 Å². The molecule has 2 N–H and O–H groups in total. The molecule has 0 heterocycles. The minimum absolute atomic E-state index is 0.140. The molecule has 4 aromatic rings. The number of rotatable bonds is 8. The van der Waals surface area contributed by atoms with E-state index in [0.717, 1.165) is 16.7 Å². The van der Waals surface area contributed by atoms with E-state index in [2.05, 4.69) is 19.1 Å². The van der Waals surface area contributed by atoms with Crippen LogP contribution in [0.25, 0.3) is 0 Å². The maximum absolute atomic E-state index is 12.3. The number of benzene rings is 4. The summed E-state index contributed by atoms with van der Waals surface area (Å²) in [6.07, 6.45) is 0.648. The molecule has 0 saturated carbocycles. The van der Waals surface area contributed by atoms with Gasteiger partial charge >= 0.3 is 0 Å². The largest absolute Gasteiger partial charge is 0.506 e. The Bertz CT molecular complexity index is 1370. The third-order valence-corrected chi connectivity index (χ3v) is 7.61. The molecule has 4 nitrogen and oxygen atoms in total. The molecule has 3 atom stereocenters. The average molecular weight is 487 g/mol. The van der Waals surface area contributed by atoms with Gasteiger partial charge in [0, 0.05) is 17.4 Å². The molecule has 0 radical (unpaired) electrons. The third-order valence-electron chi connectivity index (χ3n) is 6.74. The summed E-state index contributed by atoms with van der Waals surface area (Å²) in [7, 11) is -4.64. The van der Waals surface area contributed by atoms with Crippen LogP contribution in [0, 0.1) is 0 Å². The predicted octanol–water partition coefficient (Wildman–Crippen LogP) is 7.12. The number of phenols is 1. The maximum Gasteiger partial charge on any atom is 0.298 e. The van der Waals surface area contributed by atoms with E-state index in [1.54, 1.807) is 0 Å². The van der Waals surface area contributed by atoms with Gasteiger partial charge < -0.3 is 5.11 Å². The Morgan fingerprint density at radius 3 is 1.69 bits per heavy atom. The summed E-state index contributed by atoms with van der Waals surface area (Å²) < 4.78 is 34.6. The van der Waals surface area contributed by atoms with Gasteiger partial charge in [0.25, 0.3) is 10.1 Å². The SMILES string of the molecule is CC(CC(c1ccccc1)c1cc(C(C)c2ccccc2)cc(S(=O)(=O)O)c1O)c1ccccc1. The number of hydrogen-bond acceptors (Lipinski definition) is 3. The summed E-state index contributed by atoms with van der Waals surface area (Å²) in [5.74, 6) is -0.676. The molecule has 0 saturated heterocycles. The first-order valence-electron chi connectivity index (χ1n) is 11.7. The van der Waals surface area contributed by atoms with Crippen LogP contribution in [-0.4, -0.2) is 18.1 Å². The summed E-state index contributed by atoms with van der Waals surface area (Å²) in [5, 5.41) is 11.2. The van der Waals surface area contributed by atoms with E-state index in [1.807, 2.05) is 91.9 Å². The zero-order chi connectivity index (χ0) is 25.0. The lowest BCUT2D eigenvalue weighted by Gasteiger charge is -2.25. The van der Waals surface area contributed by atoms with Crippen LogP contribution < -0.4 is 0 Å². The van der Waals surface area contributed by atoms with Crippen LogP contribution >= 0.6 is 0 Å². The van der Waals surface area contributed by atoms with Gasteiger partial charge in [0.05, 0.1) is 0 Å². The van der Waals surface area contributed by atoms with Crippen LogP contribution in [0.3, 0.4) is 0 Å².